The van der Waals surface area contributed by atoms with Crippen molar-refractivity contribution in [2.75, 3.05) is 6.61 Å². The van der Waals surface area contributed by atoms with Crippen LogP contribution in [-0.2, 0) is 19.1 Å². The van der Waals surface area contributed by atoms with Crippen LogP contribution in [0.25, 0.3) is 0 Å². The van der Waals surface area contributed by atoms with E-state index in [4.69, 9.17) is 9.47 Å². The van der Waals surface area contributed by atoms with Gasteiger partial charge in [0.05, 0.1) is 6.10 Å². The molecule has 1 N–H and O–H groups in total. The van der Waals surface area contributed by atoms with Crippen LogP contribution in [0.15, 0.2) is 35.5 Å². The molecule has 0 radical (unpaired) electrons. The van der Waals surface area contributed by atoms with Gasteiger partial charge in [-0.2, -0.15) is 0 Å². The molecular weight excluding hydrogens is 284 g/mol. The van der Waals surface area contributed by atoms with Crippen LogP contribution in [0.5, 0.6) is 0 Å². The Morgan fingerprint density at radius 1 is 1.45 bits per heavy atom. The van der Waals surface area contributed by atoms with Gasteiger partial charge < -0.3 is 14.6 Å². The van der Waals surface area contributed by atoms with E-state index < -0.39 is 6.10 Å². The first kappa shape index (κ1) is 15.0. The molecular formula is C17H20O5. The molecule has 3 aliphatic rings. The summed E-state index contributed by atoms with van der Waals surface area (Å²) in [6.45, 7) is 9.44. The molecule has 1 saturated carbocycles. The van der Waals surface area contributed by atoms with Crippen LogP contribution in [0.4, 0.5) is 0 Å². The van der Waals surface area contributed by atoms with E-state index in [2.05, 4.69) is 13.2 Å². The smallest absolute Gasteiger partial charge is 0.334 e. The third kappa shape index (κ3) is 2.29. The molecule has 0 spiro atoms. The van der Waals surface area contributed by atoms with Gasteiger partial charge in [0, 0.05) is 24.3 Å². The first-order valence-electron chi connectivity index (χ1n) is 7.50. The Hall–Kier alpha value is -1.88. The van der Waals surface area contributed by atoms with E-state index in [1.807, 2.05) is 0 Å². The minimum Gasteiger partial charge on any atom is -0.461 e. The van der Waals surface area contributed by atoms with Crippen LogP contribution in [0.3, 0.4) is 0 Å². The van der Waals surface area contributed by atoms with Gasteiger partial charge in [0.25, 0.3) is 0 Å². The predicted octanol–water partition coefficient (Wildman–Crippen LogP) is 1.67. The molecule has 0 aromatic heterocycles. The molecule has 0 amide bonds. The zero-order chi connectivity index (χ0) is 16.0. The highest BCUT2D eigenvalue weighted by Gasteiger charge is 2.50. The summed E-state index contributed by atoms with van der Waals surface area (Å²) >= 11 is 0. The zero-order valence-corrected chi connectivity index (χ0v) is 12.6. The van der Waals surface area contributed by atoms with Gasteiger partial charge in [-0.1, -0.05) is 18.7 Å². The second-order valence-electron chi connectivity index (χ2n) is 6.22. The van der Waals surface area contributed by atoms with Gasteiger partial charge in [0.1, 0.15) is 12.7 Å². The standard InChI is InChI=1S/C17H20O5/c1-8-12-5-4-11(7-21-10(3)18)13-6-14(19)9(2)15(13)16(12)22-17(8)20/h12,14-16,19H,1-2,4-7H2,3H3/t12-,14-,15-,16-/m0/s1. The predicted molar refractivity (Wildman–Crippen MR) is 78.7 cm³/mol. The lowest BCUT2D eigenvalue weighted by Crippen LogP contribution is -2.27. The van der Waals surface area contributed by atoms with Crippen LogP contribution in [0, 0.1) is 11.8 Å². The van der Waals surface area contributed by atoms with Crippen molar-refractivity contribution in [2.45, 2.75) is 38.4 Å². The Kier molecular flexibility index (Phi) is 3.68. The average molecular weight is 304 g/mol. The highest BCUT2D eigenvalue weighted by molar-refractivity contribution is 5.91. The Morgan fingerprint density at radius 2 is 2.18 bits per heavy atom. The van der Waals surface area contributed by atoms with Crippen LogP contribution < -0.4 is 0 Å². The first-order valence-corrected chi connectivity index (χ1v) is 7.50. The number of rotatable bonds is 2. The summed E-state index contributed by atoms with van der Waals surface area (Å²) in [7, 11) is 0. The largest absolute Gasteiger partial charge is 0.461 e. The number of hydrogen-bond acceptors (Lipinski definition) is 5. The molecule has 0 aromatic rings. The first-order chi connectivity index (χ1) is 10.4. The molecule has 5 nitrogen and oxygen atoms in total. The monoisotopic (exact) mass is 304 g/mol. The Bertz CT molecular complexity index is 600. The van der Waals surface area contributed by atoms with Crippen LogP contribution in [-0.4, -0.2) is 35.9 Å². The van der Waals surface area contributed by atoms with Crippen molar-refractivity contribution in [3.8, 4) is 0 Å². The van der Waals surface area contributed by atoms with Crippen molar-refractivity contribution in [1.82, 2.24) is 0 Å². The van der Waals surface area contributed by atoms with Gasteiger partial charge >= 0.3 is 11.9 Å². The fraction of sp³-hybridized carbons (Fsp3) is 0.529. The quantitative estimate of drug-likeness (QED) is 0.477. The fourth-order valence-electron chi connectivity index (χ4n) is 3.78. The minimum atomic E-state index is -0.640. The number of hydrogen-bond donors (Lipinski definition) is 1. The third-order valence-electron chi connectivity index (χ3n) is 4.96. The van der Waals surface area contributed by atoms with Crippen molar-refractivity contribution in [3.63, 3.8) is 0 Å². The van der Waals surface area contributed by atoms with Crippen molar-refractivity contribution in [1.29, 1.82) is 0 Å². The number of fused-ring (bicyclic) bond motifs is 3. The van der Waals surface area contributed by atoms with Crippen molar-refractivity contribution < 1.29 is 24.2 Å². The number of aliphatic hydroxyl groups excluding tert-OH is 1. The molecule has 0 unspecified atom stereocenters. The normalized spacial score (nSPS) is 34.2. The molecule has 1 heterocycles. The molecule has 3 rings (SSSR count). The molecule has 22 heavy (non-hydrogen) atoms. The third-order valence-corrected chi connectivity index (χ3v) is 4.96. The fourth-order valence-corrected chi connectivity index (χ4v) is 3.78. The topological polar surface area (TPSA) is 72.8 Å². The maximum absolute atomic E-state index is 11.8. The molecule has 5 heteroatoms. The average Bonchev–Trinajstić information content (AvgIpc) is 2.84. The van der Waals surface area contributed by atoms with Gasteiger partial charge in [0.15, 0.2) is 0 Å². The maximum Gasteiger partial charge on any atom is 0.334 e. The van der Waals surface area contributed by atoms with Crippen molar-refractivity contribution in [3.05, 3.63) is 35.5 Å². The molecule has 0 aromatic carbocycles. The second kappa shape index (κ2) is 5.39. The van der Waals surface area contributed by atoms with Gasteiger partial charge in [-0.25, -0.2) is 4.79 Å². The number of aliphatic hydroxyl groups is 1. The lowest BCUT2D eigenvalue weighted by molar-refractivity contribution is -0.140. The van der Waals surface area contributed by atoms with Crippen molar-refractivity contribution in [2.24, 2.45) is 11.8 Å². The second-order valence-corrected chi connectivity index (χ2v) is 6.22. The van der Waals surface area contributed by atoms with E-state index in [1.54, 1.807) is 0 Å². The highest BCUT2D eigenvalue weighted by Crippen LogP contribution is 2.50. The van der Waals surface area contributed by atoms with E-state index in [1.165, 1.54) is 6.92 Å². The molecule has 2 aliphatic carbocycles. The summed E-state index contributed by atoms with van der Waals surface area (Å²) in [5.74, 6) is -0.949. The van der Waals surface area contributed by atoms with Crippen LogP contribution in [0.2, 0.25) is 0 Å². The van der Waals surface area contributed by atoms with E-state index in [-0.39, 0.29) is 36.5 Å². The van der Waals surface area contributed by atoms with E-state index in [0.29, 0.717) is 24.0 Å². The lowest BCUT2D eigenvalue weighted by atomic mass is 9.84. The van der Waals surface area contributed by atoms with E-state index in [9.17, 15) is 14.7 Å². The number of esters is 2. The minimum absolute atomic E-state index is 0.0654. The zero-order valence-electron chi connectivity index (χ0n) is 12.6. The summed E-state index contributed by atoms with van der Waals surface area (Å²) in [6.07, 6.45) is 0.923. The molecule has 0 bridgehead atoms. The summed E-state index contributed by atoms with van der Waals surface area (Å²) in [5.41, 5.74) is 3.19. The van der Waals surface area contributed by atoms with Gasteiger partial charge in [-0.3, -0.25) is 4.79 Å². The summed E-state index contributed by atoms with van der Waals surface area (Å²) in [4.78, 5) is 22.9. The van der Waals surface area contributed by atoms with Crippen LogP contribution >= 0.6 is 0 Å². The van der Waals surface area contributed by atoms with Crippen LogP contribution in [0.1, 0.15) is 26.2 Å². The van der Waals surface area contributed by atoms with Gasteiger partial charge in [0.2, 0.25) is 0 Å². The van der Waals surface area contributed by atoms with E-state index >= 15 is 0 Å². The molecule has 4 atom stereocenters. The SMILES string of the molecule is C=C1[C@H]2C(=C(COC(C)=O)CC[C@H]3C(=C)C(=O)O[C@H]23)C[C@@H]1O. The summed E-state index contributed by atoms with van der Waals surface area (Å²) < 4.78 is 10.7. The van der Waals surface area contributed by atoms with Gasteiger partial charge in [-0.05, 0) is 30.4 Å². The maximum atomic E-state index is 11.8. The molecule has 1 aliphatic heterocycles. The molecule has 118 valence electrons. The summed E-state index contributed by atoms with van der Waals surface area (Å²) in [5, 5.41) is 10.2. The van der Waals surface area contributed by atoms with Gasteiger partial charge in [-0.15, -0.1) is 0 Å². The highest BCUT2D eigenvalue weighted by atomic mass is 16.6. The Balaban J connectivity index is 1.97. The number of ether oxygens (including phenoxy) is 2. The molecule has 2 fully saturated rings. The number of carbonyl (C=O) groups excluding carboxylic acids is 2. The Labute approximate surface area is 129 Å². The Morgan fingerprint density at radius 3 is 2.86 bits per heavy atom. The molecule has 1 saturated heterocycles. The number of carbonyl (C=O) groups is 2. The van der Waals surface area contributed by atoms with E-state index in [0.717, 1.165) is 17.6 Å². The lowest BCUT2D eigenvalue weighted by Gasteiger charge is -2.23. The van der Waals surface area contributed by atoms with Crippen molar-refractivity contribution >= 4 is 11.9 Å². The summed E-state index contributed by atoms with van der Waals surface area (Å²) in [6, 6.07) is 0.